The van der Waals surface area contributed by atoms with Crippen LogP contribution < -0.4 is 0 Å². The van der Waals surface area contributed by atoms with Crippen LogP contribution in [0, 0.1) is 0 Å². The quantitative estimate of drug-likeness (QED) is 0.795. The van der Waals surface area contributed by atoms with Crippen LogP contribution in [0.4, 0.5) is 8.78 Å². The summed E-state index contributed by atoms with van der Waals surface area (Å²) in [5.41, 5.74) is -0.0635. The Kier molecular flexibility index (Phi) is 3.41. The standard InChI is InChI=1S/C9H7ClF2O2/c10-7(9(13)14)5-2-1-3-6(4-5)8(11)12/h1-4,7-8H,(H,13,14). The average molecular weight is 221 g/mol. The summed E-state index contributed by atoms with van der Waals surface area (Å²) in [6.45, 7) is 0. The molecule has 14 heavy (non-hydrogen) atoms. The van der Waals surface area contributed by atoms with Crippen molar-refractivity contribution in [2.75, 3.05) is 0 Å². The number of hydrogen-bond donors (Lipinski definition) is 1. The van der Waals surface area contributed by atoms with Crippen LogP contribution in [0.25, 0.3) is 0 Å². The molecule has 0 amide bonds. The largest absolute Gasteiger partial charge is 0.480 e. The highest BCUT2D eigenvalue weighted by atomic mass is 35.5. The van der Waals surface area contributed by atoms with Crippen molar-refractivity contribution >= 4 is 17.6 Å². The molecule has 0 aromatic heterocycles. The topological polar surface area (TPSA) is 37.3 Å². The second kappa shape index (κ2) is 4.37. The summed E-state index contributed by atoms with van der Waals surface area (Å²) >= 11 is 5.47. The molecule has 5 heteroatoms. The zero-order valence-corrected chi connectivity index (χ0v) is 7.71. The van der Waals surface area contributed by atoms with E-state index in [0.717, 1.165) is 6.07 Å². The number of carbonyl (C=O) groups is 1. The maximum absolute atomic E-state index is 12.2. The maximum Gasteiger partial charge on any atom is 0.326 e. The second-order valence-corrected chi connectivity index (χ2v) is 3.11. The lowest BCUT2D eigenvalue weighted by Gasteiger charge is -2.06. The first-order chi connectivity index (χ1) is 6.52. The van der Waals surface area contributed by atoms with Crippen LogP contribution in [-0.2, 0) is 4.79 Å². The first kappa shape index (κ1) is 10.9. The Morgan fingerprint density at radius 2 is 1.93 bits per heavy atom. The van der Waals surface area contributed by atoms with E-state index in [1.54, 1.807) is 0 Å². The lowest BCUT2D eigenvalue weighted by Crippen LogP contribution is -2.05. The predicted octanol–water partition coefficient (Wildman–Crippen LogP) is 2.99. The number of benzene rings is 1. The van der Waals surface area contributed by atoms with Gasteiger partial charge in [0.25, 0.3) is 6.43 Å². The molecule has 0 fully saturated rings. The number of hydrogen-bond acceptors (Lipinski definition) is 1. The van der Waals surface area contributed by atoms with Crippen molar-refractivity contribution in [2.24, 2.45) is 0 Å². The van der Waals surface area contributed by atoms with Crippen molar-refractivity contribution in [3.05, 3.63) is 35.4 Å². The zero-order chi connectivity index (χ0) is 10.7. The molecule has 1 N–H and O–H groups in total. The van der Waals surface area contributed by atoms with Crippen LogP contribution in [0.2, 0.25) is 0 Å². The van der Waals surface area contributed by atoms with E-state index in [4.69, 9.17) is 16.7 Å². The third kappa shape index (κ3) is 2.42. The maximum atomic E-state index is 12.2. The van der Waals surface area contributed by atoms with Gasteiger partial charge in [0.2, 0.25) is 0 Å². The van der Waals surface area contributed by atoms with Gasteiger partial charge in [-0.1, -0.05) is 18.2 Å². The highest BCUT2D eigenvalue weighted by molar-refractivity contribution is 6.29. The van der Waals surface area contributed by atoms with Gasteiger partial charge in [0.15, 0.2) is 5.38 Å². The molecule has 0 spiro atoms. The van der Waals surface area contributed by atoms with Crippen LogP contribution in [0.5, 0.6) is 0 Å². The lowest BCUT2D eigenvalue weighted by atomic mass is 10.1. The summed E-state index contributed by atoms with van der Waals surface area (Å²) in [6.07, 6.45) is -2.62. The highest BCUT2D eigenvalue weighted by Crippen LogP contribution is 2.25. The smallest absolute Gasteiger partial charge is 0.326 e. The predicted molar refractivity (Wildman–Crippen MR) is 47.6 cm³/mol. The van der Waals surface area contributed by atoms with E-state index < -0.39 is 17.8 Å². The monoisotopic (exact) mass is 220 g/mol. The minimum atomic E-state index is -2.62. The van der Waals surface area contributed by atoms with Gasteiger partial charge in [-0.3, -0.25) is 4.79 Å². The van der Waals surface area contributed by atoms with Crippen LogP contribution in [0.1, 0.15) is 22.9 Å². The molecule has 0 aliphatic heterocycles. The van der Waals surface area contributed by atoms with E-state index in [0.29, 0.717) is 0 Å². The Labute approximate surface area is 84.1 Å². The van der Waals surface area contributed by atoms with Gasteiger partial charge < -0.3 is 5.11 Å². The van der Waals surface area contributed by atoms with Crippen LogP contribution in [0.15, 0.2) is 24.3 Å². The normalized spacial score (nSPS) is 12.9. The lowest BCUT2D eigenvalue weighted by molar-refractivity contribution is -0.136. The van der Waals surface area contributed by atoms with Crippen molar-refractivity contribution in [1.29, 1.82) is 0 Å². The Bertz CT molecular complexity index is 341. The van der Waals surface area contributed by atoms with Gasteiger partial charge in [-0.25, -0.2) is 8.78 Å². The fraction of sp³-hybridized carbons (Fsp3) is 0.222. The number of aliphatic carboxylic acids is 1. The molecular weight excluding hydrogens is 214 g/mol. The van der Waals surface area contributed by atoms with Gasteiger partial charge in [-0.2, -0.15) is 0 Å². The summed E-state index contributed by atoms with van der Waals surface area (Å²) < 4.78 is 24.4. The molecule has 2 nitrogen and oxygen atoms in total. The molecule has 1 aromatic rings. The van der Waals surface area contributed by atoms with Crippen molar-refractivity contribution in [3.8, 4) is 0 Å². The molecule has 0 saturated carbocycles. The van der Waals surface area contributed by atoms with E-state index in [9.17, 15) is 13.6 Å². The molecule has 1 aromatic carbocycles. The molecule has 76 valence electrons. The molecule has 1 unspecified atom stereocenters. The number of rotatable bonds is 3. The van der Waals surface area contributed by atoms with Crippen molar-refractivity contribution < 1.29 is 18.7 Å². The minimum absolute atomic E-state index is 0.164. The molecule has 0 saturated heterocycles. The number of halogens is 3. The van der Waals surface area contributed by atoms with E-state index in [2.05, 4.69) is 0 Å². The minimum Gasteiger partial charge on any atom is -0.480 e. The fourth-order valence-corrected chi connectivity index (χ4v) is 1.13. The molecule has 0 aliphatic carbocycles. The molecule has 1 atom stereocenters. The Hall–Kier alpha value is -1.16. The third-order valence-electron chi connectivity index (χ3n) is 1.67. The summed E-state index contributed by atoms with van der Waals surface area (Å²) in [7, 11) is 0. The molecule has 0 bridgehead atoms. The summed E-state index contributed by atoms with van der Waals surface area (Å²) in [5.74, 6) is -1.25. The van der Waals surface area contributed by atoms with Crippen molar-refractivity contribution in [3.63, 3.8) is 0 Å². The Balaban J connectivity index is 2.99. The van der Waals surface area contributed by atoms with Gasteiger partial charge in [0.05, 0.1) is 0 Å². The molecule has 0 aliphatic rings. The SMILES string of the molecule is O=C(O)C(Cl)c1cccc(C(F)F)c1. The highest BCUT2D eigenvalue weighted by Gasteiger charge is 2.17. The van der Waals surface area contributed by atoms with Gasteiger partial charge in [-0.05, 0) is 11.6 Å². The van der Waals surface area contributed by atoms with E-state index in [1.807, 2.05) is 0 Å². The van der Waals surface area contributed by atoms with Gasteiger partial charge in [-0.15, -0.1) is 11.6 Å². The van der Waals surface area contributed by atoms with E-state index >= 15 is 0 Å². The molecular formula is C9H7ClF2O2. The van der Waals surface area contributed by atoms with Gasteiger partial charge in [0, 0.05) is 5.56 Å². The number of carboxylic acids is 1. The summed E-state index contributed by atoms with van der Waals surface area (Å²) in [5, 5.41) is 7.26. The Morgan fingerprint density at radius 1 is 1.36 bits per heavy atom. The van der Waals surface area contributed by atoms with Crippen molar-refractivity contribution in [2.45, 2.75) is 11.8 Å². The average Bonchev–Trinajstić information content (AvgIpc) is 2.16. The van der Waals surface area contributed by atoms with Gasteiger partial charge in [0.1, 0.15) is 0 Å². The first-order valence-electron chi connectivity index (χ1n) is 3.77. The first-order valence-corrected chi connectivity index (χ1v) is 4.21. The van der Waals surface area contributed by atoms with Crippen molar-refractivity contribution in [1.82, 2.24) is 0 Å². The number of alkyl halides is 3. The van der Waals surface area contributed by atoms with E-state index in [-0.39, 0.29) is 11.1 Å². The zero-order valence-electron chi connectivity index (χ0n) is 6.95. The van der Waals surface area contributed by atoms with Gasteiger partial charge >= 0.3 is 5.97 Å². The Morgan fingerprint density at radius 3 is 2.43 bits per heavy atom. The second-order valence-electron chi connectivity index (χ2n) is 2.67. The molecule has 1 rings (SSSR count). The fourth-order valence-electron chi connectivity index (χ4n) is 0.995. The van der Waals surface area contributed by atoms with Crippen LogP contribution in [0.3, 0.4) is 0 Å². The van der Waals surface area contributed by atoms with E-state index in [1.165, 1.54) is 18.2 Å². The summed E-state index contributed by atoms with van der Waals surface area (Å²) in [6, 6.07) is 5.07. The molecule has 0 radical (unpaired) electrons. The molecule has 0 heterocycles. The number of carboxylic acid groups (broad SMARTS) is 1. The van der Waals surface area contributed by atoms with Crippen LogP contribution >= 0.6 is 11.6 Å². The summed E-state index contributed by atoms with van der Waals surface area (Å²) in [4.78, 5) is 10.5. The van der Waals surface area contributed by atoms with Crippen LogP contribution in [-0.4, -0.2) is 11.1 Å². The third-order valence-corrected chi connectivity index (χ3v) is 2.11.